The number of hydrogen-bond donors (Lipinski definition) is 1. The smallest absolute Gasteiger partial charge is 0.274 e. The molecule has 0 unspecified atom stereocenters. The number of rotatable bonds is 4. The van der Waals surface area contributed by atoms with Crippen LogP contribution < -0.4 is 10.2 Å². The van der Waals surface area contributed by atoms with Crippen LogP contribution in [0, 0.1) is 23.0 Å². The van der Waals surface area contributed by atoms with Crippen LogP contribution in [0.15, 0.2) is 42.5 Å². The van der Waals surface area contributed by atoms with E-state index >= 15 is 0 Å². The van der Waals surface area contributed by atoms with Crippen molar-refractivity contribution in [3.8, 4) is 0 Å². The highest BCUT2D eigenvalue weighted by Crippen LogP contribution is 2.29. The molecule has 1 N–H and O–H groups in total. The number of anilines is 2. The molecule has 2 aromatic carbocycles. The molecule has 0 saturated carbocycles. The molecule has 1 atom stereocenters. The molecule has 1 aliphatic rings. The van der Waals surface area contributed by atoms with Crippen molar-refractivity contribution in [3.63, 3.8) is 0 Å². The van der Waals surface area contributed by atoms with Gasteiger partial charge in [0.2, 0.25) is 11.8 Å². The zero-order chi connectivity index (χ0) is 18.8. The van der Waals surface area contributed by atoms with Crippen molar-refractivity contribution < 1.29 is 14.5 Å². The van der Waals surface area contributed by atoms with Crippen LogP contribution in [0.2, 0.25) is 5.02 Å². The van der Waals surface area contributed by atoms with Gasteiger partial charge in [0, 0.05) is 29.7 Å². The highest BCUT2D eigenvalue weighted by Gasteiger charge is 2.35. The zero-order valence-corrected chi connectivity index (χ0v) is 14.7. The van der Waals surface area contributed by atoms with Gasteiger partial charge in [-0.15, -0.1) is 0 Å². The van der Waals surface area contributed by atoms with Crippen molar-refractivity contribution in [1.82, 2.24) is 0 Å². The van der Waals surface area contributed by atoms with Crippen LogP contribution in [0.3, 0.4) is 0 Å². The van der Waals surface area contributed by atoms with Crippen LogP contribution in [0.1, 0.15) is 12.0 Å². The summed E-state index contributed by atoms with van der Waals surface area (Å²) in [4.78, 5) is 36.9. The first-order chi connectivity index (χ1) is 12.4. The van der Waals surface area contributed by atoms with Crippen molar-refractivity contribution >= 4 is 40.5 Å². The van der Waals surface area contributed by atoms with Crippen molar-refractivity contribution in [2.45, 2.75) is 13.3 Å². The normalized spacial score (nSPS) is 16.6. The first-order valence-electron chi connectivity index (χ1n) is 7.97. The summed E-state index contributed by atoms with van der Waals surface area (Å²) in [5.74, 6) is -1.02. The largest absolute Gasteiger partial charge is 0.325 e. The summed E-state index contributed by atoms with van der Waals surface area (Å²) in [5.41, 5.74) is 1.38. The predicted octanol–water partition coefficient (Wildman–Crippen LogP) is 3.55. The number of nitro groups is 1. The second kappa shape index (κ2) is 7.13. The molecule has 8 heteroatoms. The number of hydrogen-bond acceptors (Lipinski definition) is 4. The van der Waals surface area contributed by atoms with Crippen LogP contribution >= 0.6 is 11.6 Å². The van der Waals surface area contributed by atoms with Gasteiger partial charge in [0.05, 0.1) is 22.1 Å². The van der Waals surface area contributed by atoms with Crippen molar-refractivity contribution in [2.75, 3.05) is 16.8 Å². The topological polar surface area (TPSA) is 92.6 Å². The molecule has 0 spiro atoms. The molecular formula is C18H16ClN3O4. The van der Waals surface area contributed by atoms with Gasteiger partial charge in [-0.3, -0.25) is 19.7 Å². The molecule has 0 aliphatic carbocycles. The SMILES string of the molecule is Cc1c(NC(=O)[C@@H]2CC(=O)N(c3ccc(Cl)cc3)C2)cccc1[N+](=O)[O-]. The third kappa shape index (κ3) is 3.52. The molecule has 1 aliphatic heterocycles. The summed E-state index contributed by atoms with van der Waals surface area (Å²) in [7, 11) is 0. The Balaban J connectivity index is 1.74. The molecule has 2 amide bonds. The molecule has 26 heavy (non-hydrogen) atoms. The summed E-state index contributed by atoms with van der Waals surface area (Å²) in [6, 6.07) is 11.3. The zero-order valence-electron chi connectivity index (χ0n) is 13.9. The Morgan fingerprint density at radius 1 is 1.27 bits per heavy atom. The number of halogens is 1. The quantitative estimate of drug-likeness (QED) is 0.655. The number of nitrogens with one attached hydrogen (secondary N) is 1. The molecule has 1 saturated heterocycles. The second-order valence-electron chi connectivity index (χ2n) is 6.08. The van der Waals surface area contributed by atoms with Gasteiger partial charge in [0.25, 0.3) is 5.69 Å². The van der Waals surface area contributed by atoms with Crippen LogP contribution in [0.5, 0.6) is 0 Å². The van der Waals surface area contributed by atoms with Crippen molar-refractivity contribution in [2.24, 2.45) is 5.92 Å². The number of amides is 2. The summed E-state index contributed by atoms with van der Waals surface area (Å²) in [6.45, 7) is 1.83. The predicted molar refractivity (Wildman–Crippen MR) is 98.4 cm³/mol. The molecule has 0 radical (unpaired) electrons. The van der Waals surface area contributed by atoms with E-state index in [4.69, 9.17) is 11.6 Å². The molecule has 134 valence electrons. The minimum atomic E-state index is -0.531. The van der Waals surface area contributed by atoms with Crippen molar-refractivity contribution in [1.29, 1.82) is 0 Å². The lowest BCUT2D eigenvalue weighted by Crippen LogP contribution is -2.28. The maximum atomic E-state index is 12.5. The van der Waals surface area contributed by atoms with Gasteiger partial charge < -0.3 is 10.2 Å². The fourth-order valence-electron chi connectivity index (χ4n) is 2.95. The Morgan fingerprint density at radius 3 is 2.62 bits per heavy atom. The molecule has 2 aromatic rings. The van der Waals surface area contributed by atoms with Gasteiger partial charge in [0.15, 0.2) is 0 Å². The van der Waals surface area contributed by atoms with E-state index in [0.717, 1.165) is 0 Å². The minimum Gasteiger partial charge on any atom is -0.325 e. The third-order valence-corrected chi connectivity index (χ3v) is 4.65. The van der Waals surface area contributed by atoms with E-state index in [9.17, 15) is 19.7 Å². The van der Waals surface area contributed by atoms with Gasteiger partial charge >= 0.3 is 0 Å². The molecule has 3 rings (SSSR count). The molecule has 0 aromatic heterocycles. The van der Waals surface area contributed by atoms with Crippen LogP contribution in [0.25, 0.3) is 0 Å². The lowest BCUT2D eigenvalue weighted by atomic mass is 10.1. The first-order valence-corrected chi connectivity index (χ1v) is 8.35. The highest BCUT2D eigenvalue weighted by molar-refractivity contribution is 6.30. The van der Waals surface area contributed by atoms with E-state index in [2.05, 4.69) is 5.32 Å². The number of carbonyl (C=O) groups excluding carboxylic acids is 2. The van der Waals surface area contributed by atoms with E-state index in [0.29, 0.717) is 22.0 Å². The number of nitro benzene ring substituents is 1. The monoisotopic (exact) mass is 373 g/mol. The van der Waals surface area contributed by atoms with Gasteiger partial charge in [-0.2, -0.15) is 0 Å². The Morgan fingerprint density at radius 2 is 1.96 bits per heavy atom. The summed E-state index contributed by atoms with van der Waals surface area (Å²) in [5, 5.41) is 14.3. The fraction of sp³-hybridized carbons (Fsp3) is 0.222. The van der Waals surface area contributed by atoms with Gasteiger partial charge in [0.1, 0.15) is 0 Å². The van der Waals surface area contributed by atoms with Gasteiger partial charge in [-0.05, 0) is 37.3 Å². The van der Waals surface area contributed by atoms with Crippen LogP contribution in [0.4, 0.5) is 17.1 Å². The fourth-order valence-corrected chi connectivity index (χ4v) is 3.07. The highest BCUT2D eigenvalue weighted by atomic mass is 35.5. The van der Waals surface area contributed by atoms with Crippen LogP contribution in [-0.2, 0) is 9.59 Å². The number of benzene rings is 2. The summed E-state index contributed by atoms with van der Waals surface area (Å²) >= 11 is 5.86. The lowest BCUT2D eigenvalue weighted by molar-refractivity contribution is -0.385. The maximum Gasteiger partial charge on any atom is 0.274 e. The van der Waals surface area contributed by atoms with Gasteiger partial charge in [-0.25, -0.2) is 0 Å². The maximum absolute atomic E-state index is 12.5. The Labute approximate surface area is 154 Å². The minimum absolute atomic E-state index is 0.0620. The molecule has 0 bridgehead atoms. The number of carbonyl (C=O) groups is 2. The standard InChI is InChI=1S/C18H16ClN3O4/c1-11-15(3-2-4-16(11)22(25)26)20-18(24)12-9-17(23)21(10-12)14-7-5-13(19)6-8-14/h2-8,12H,9-10H2,1H3,(H,20,24)/t12-/m1/s1. The van der Waals surface area contributed by atoms with E-state index in [1.54, 1.807) is 42.2 Å². The van der Waals surface area contributed by atoms with E-state index in [1.165, 1.54) is 12.1 Å². The summed E-state index contributed by atoms with van der Waals surface area (Å²) < 4.78 is 0. The Kier molecular flexibility index (Phi) is 4.90. The third-order valence-electron chi connectivity index (χ3n) is 4.39. The molecule has 1 heterocycles. The van der Waals surface area contributed by atoms with Crippen molar-refractivity contribution in [3.05, 3.63) is 63.2 Å². The summed E-state index contributed by atoms with van der Waals surface area (Å²) in [6.07, 6.45) is 0.0857. The number of nitrogens with zero attached hydrogens (tertiary/aromatic N) is 2. The average molecular weight is 374 g/mol. The van der Waals surface area contributed by atoms with E-state index < -0.39 is 10.8 Å². The van der Waals surface area contributed by atoms with E-state index in [1.807, 2.05) is 0 Å². The van der Waals surface area contributed by atoms with Crippen LogP contribution in [-0.4, -0.2) is 23.3 Å². The Hall–Kier alpha value is -2.93. The average Bonchev–Trinajstić information content (AvgIpc) is 2.99. The first kappa shape index (κ1) is 17.9. The van der Waals surface area contributed by atoms with Gasteiger partial charge in [-0.1, -0.05) is 17.7 Å². The second-order valence-corrected chi connectivity index (χ2v) is 6.51. The lowest BCUT2D eigenvalue weighted by Gasteiger charge is -2.17. The van der Waals surface area contributed by atoms with E-state index in [-0.39, 0.29) is 30.5 Å². The molecule has 1 fully saturated rings. The molecule has 7 nitrogen and oxygen atoms in total. The molecular weight excluding hydrogens is 358 g/mol. The Bertz CT molecular complexity index is 883.